The third kappa shape index (κ3) is 3.37. The standard InChI is InChI=1S/C18H21N5O2S/c1-22-10-12(9-19-22)17(24)20-13-4-3-7-23(11-13)18-21-15-8-14(25-2)5-6-16(15)26-18/h5-6,8-10,13H,3-4,7,11H2,1-2H3,(H,20,24). The number of thiazole rings is 1. The summed E-state index contributed by atoms with van der Waals surface area (Å²) in [6, 6.07) is 6.07. The van der Waals surface area contributed by atoms with Crippen LogP contribution < -0.4 is 15.0 Å². The molecule has 0 spiro atoms. The van der Waals surface area contributed by atoms with Gasteiger partial charge in [-0.25, -0.2) is 4.98 Å². The van der Waals surface area contributed by atoms with Crippen molar-refractivity contribution in [3.8, 4) is 5.75 Å². The number of hydrogen-bond acceptors (Lipinski definition) is 6. The number of carbonyl (C=O) groups excluding carboxylic acids is 1. The summed E-state index contributed by atoms with van der Waals surface area (Å²) >= 11 is 1.68. The molecule has 1 unspecified atom stereocenters. The number of benzene rings is 1. The smallest absolute Gasteiger partial charge is 0.254 e. The molecule has 1 atom stereocenters. The van der Waals surface area contributed by atoms with Gasteiger partial charge in [0.25, 0.3) is 5.91 Å². The van der Waals surface area contributed by atoms with E-state index >= 15 is 0 Å². The summed E-state index contributed by atoms with van der Waals surface area (Å²) in [5.74, 6) is 0.744. The number of nitrogens with zero attached hydrogens (tertiary/aromatic N) is 4. The van der Waals surface area contributed by atoms with E-state index < -0.39 is 0 Å². The van der Waals surface area contributed by atoms with Gasteiger partial charge in [-0.05, 0) is 25.0 Å². The summed E-state index contributed by atoms with van der Waals surface area (Å²) in [5.41, 5.74) is 1.54. The van der Waals surface area contributed by atoms with Gasteiger partial charge < -0.3 is 15.0 Å². The Morgan fingerprint density at radius 2 is 2.31 bits per heavy atom. The van der Waals surface area contributed by atoms with Crippen LogP contribution in [0.3, 0.4) is 0 Å². The van der Waals surface area contributed by atoms with E-state index in [0.29, 0.717) is 5.56 Å². The molecule has 1 aromatic carbocycles. The number of ether oxygens (including phenoxy) is 1. The molecule has 26 heavy (non-hydrogen) atoms. The van der Waals surface area contributed by atoms with Gasteiger partial charge in [0.05, 0.1) is 29.1 Å². The van der Waals surface area contributed by atoms with Gasteiger partial charge >= 0.3 is 0 Å². The summed E-state index contributed by atoms with van der Waals surface area (Å²) in [5, 5.41) is 8.18. The molecule has 2 aromatic heterocycles. The summed E-state index contributed by atoms with van der Waals surface area (Å²) in [7, 11) is 3.47. The number of anilines is 1. The topological polar surface area (TPSA) is 72.3 Å². The highest BCUT2D eigenvalue weighted by Gasteiger charge is 2.24. The molecule has 1 aliphatic rings. The zero-order valence-electron chi connectivity index (χ0n) is 14.8. The Balaban J connectivity index is 1.47. The van der Waals surface area contributed by atoms with Crippen LogP contribution in [0.5, 0.6) is 5.75 Å². The van der Waals surface area contributed by atoms with Crippen LogP contribution in [0.4, 0.5) is 5.13 Å². The summed E-state index contributed by atoms with van der Waals surface area (Å²) < 4.78 is 8.06. The van der Waals surface area contributed by atoms with Gasteiger partial charge in [0.15, 0.2) is 5.13 Å². The molecule has 0 saturated carbocycles. The van der Waals surface area contributed by atoms with Crippen molar-refractivity contribution in [2.45, 2.75) is 18.9 Å². The predicted molar refractivity (Wildman–Crippen MR) is 102 cm³/mol. The van der Waals surface area contributed by atoms with E-state index in [4.69, 9.17) is 9.72 Å². The number of amides is 1. The third-order valence-electron chi connectivity index (χ3n) is 4.58. The molecule has 7 nitrogen and oxygen atoms in total. The van der Waals surface area contributed by atoms with Crippen molar-refractivity contribution < 1.29 is 9.53 Å². The Labute approximate surface area is 155 Å². The van der Waals surface area contributed by atoms with E-state index in [1.165, 1.54) is 0 Å². The summed E-state index contributed by atoms with van der Waals surface area (Å²) in [6.45, 7) is 1.72. The lowest BCUT2D eigenvalue weighted by Crippen LogP contribution is -2.47. The monoisotopic (exact) mass is 371 g/mol. The largest absolute Gasteiger partial charge is 0.497 e. The molecule has 0 aliphatic carbocycles. The Kier molecular flexibility index (Phi) is 4.50. The second kappa shape index (κ2) is 6.95. The van der Waals surface area contributed by atoms with Gasteiger partial charge in [-0.2, -0.15) is 5.10 Å². The van der Waals surface area contributed by atoms with E-state index in [9.17, 15) is 4.79 Å². The fraction of sp³-hybridized carbons (Fsp3) is 0.389. The van der Waals surface area contributed by atoms with Crippen LogP contribution in [-0.2, 0) is 7.05 Å². The molecule has 0 radical (unpaired) electrons. The molecule has 3 heterocycles. The van der Waals surface area contributed by atoms with Crippen molar-refractivity contribution in [1.29, 1.82) is 0 Å². The lowest BCUT2D eigenvalue weighted by molar-refractivity contribution is 0.0933. The van der Waals surface area contributed by atoms with E-state index in [2.05, 4.69) is 15.3 Å². The SMILES string of the molecule is COc1ccc2sc(N3CCCC(NC(=O)c4cnn(C)c4)C3)nc2c1. The number of fused-ring (bicyclic) bond motifs is 1. The van der Waals surface area contributed by atoms with Gasteiger partial charge in [-0.15, -0.1) is 0 Å². The van der Waals surface area contributed by atoms with E-state index in [1.54, 1.807) is 42.6 Å². The van der Waals surface area contributed by atoms with Crippen molar-refractivity contribution in [3.63, 3.8) is 0 Å². The number of nitrogens with one attached hydrogen (secondary N) is 1. The average molecular weight is 371 g/mol. The van der Waals surface area contributed by atoms with Crippen molar-refractivity contribution in [2.24, 2.45) is 7.05 Å². The minimum absolute atomic E-state index is 0.0704. The zero-order chi connectivity index (χ0) is 18.1. The van der Waals surface area contributed by atoms with Gasteiger partial charge in [0.2, 0.25) is 0 Å². The van der Waals surface area contributed by atoms with Gasteiger partial charge in [-0.1, -0.05) is 11.3 Å². The maximum absolute atomic E-state index is 12.4. The molecule has 1 N–H and O–H groups in total. The van der Waals surface area contributed by atoms with Crippen LogP contribution >= 0.6 is 11.3 Å². The number of carbonyl (C=O) groups is 1. The highest BCUT2D eigenvalue weighted by Crippen LogP contribution is 2.32. The molecule has 8 heteroatoms. The summed E-state index contributed by atoms with van der Waals surface area (Å²) in [6.07, 6.45) is 5.33. The first kappa shape index (κ1) is 16.8. The lowest BCUT2D eigenvalue weighted by atomic mass is 10.1. The van der Waals surface area contributed by atoms with E-state index in [1.807, 2.05) is 18.2 Å². The lowest BCUT2D eigenvalue weighted by Gasteiger charge is -2.32. The molecule has 136 valence electrons. The minimum atomic E-state index is -0.0704. The van der Waals surface area contributed by atoms with Crippen LogP contribution in [0.1, 0.15) is 23.2 Å². The Morgan fingerprint density at radius 3 is 3.08 bits per heavy atom. The number of aryl methyl sites for hydroxylation is 1. The first-order valence-corrected chi connectivity index (χ1v) is 9.43. The van der Waals surface area contributed by atoms with Gasteiger partial charge in [-0.3, -0.25) is 9.48 Å². The highest BCUT2D eigenvalue weighted by molar-refractivity contribution is 7.22. The number of methoxy groups -OCH3 is 1. The molecule has 4 rings (SSSR count). The van der Waals surface area contributed by atoms with Crippen LogP contribution in [-0.4, -0.2) is 46.9 Å². The molecule has 1 aliphatic heterocycles. The van der Waals surface area contributed by atoms with Crippen LogP contribution in [0.25, 0.3) is 10.2 Å². The van der Waals surface area contributed by atoms with E-state index in [0.717, 1.165) is 47.0 Å². The quantitative estimate of drug-likeness (QED) is 0.763. The second-order valence-electron chi connectivity index (χ2n) is 6.49. The fourth-order valence-corrected chi connectivity index (χ4v) is 4.21. The Hall–Kier alpha value is -2.61. The zero-order valence-corrected chi connectivity index (χ0v) is 15.6. The first-order chi connectivity index (χ1) is 12.6. The van der Waals surface area contributed by atoms with E-state index in [-0.39, 0.29) is 11.9 Å². The van der Waals surface area contributed by atoms with Crippen molar-refractivity contribution in [3.05, 3.63) is 36.2 Å². The number of piperidine rings is 1. The Bertz CT molecular complexity index is 935. The predicted octanol–water partition coefficient (Wildman–Crippen LogP) is 2.44. The summed E-state index contributed by atoms with van der Waals surface area (Å²) in [4.78, 5) is 19.4. The van der Waals surface area contributed by atoms with Crippen molar-refractivity contribution in [1.82, 2.24) is 20.1 Å². The van der Waals surface area contributed by atoms with Crippen molar-refractivity contribution >= 4 is 32.6 Å². The molecule has 1 fully saturated rings. The maximum Gasteiger partial charge on any atom is 0.254 e. The van der Waals surface area contributed by atoms with Crippen LogP contribution in [0.15, 0.2) is 30.6 Å². The third-order valence-corrected chi connectivity index (χ3v) is 5.67. The first-order valence-electron chi connectivity index (χ1n) is 8.61. The van der Waals surface area contributed by atoms with Crippen molar-refractivity contribution in [2.75, 3.05) is 25.1 Å². The average Bonchev–Trinajstić information content (AvgIpc) is 3.27. The normalized spacial score (nSPS) is 17.5. The number of aromatic nitrogens is 3. The Morgan fingerprint density at radius 1 is 1.42 bits per heavy atom. The fourth-order valence-electron chi connectivity index (χ4n) is 3.23. The van der Waals surface area contributed by atoms with Gasteiger partial charge in [0, 0.05) is 38.4 Å². The van der Waals surface area contributed by atoms with Crippen LogP contribution in [0, 0.1) is 0 Å². The molecular formula is C18H21N5O2S. The number of hydrogen-bond donors (Lipinski definition) is 1. The molecule has 3 aromatic rings. The molecular weight excluding hydrogens is 350 g/mol. The van der Waals surface area contributed by atoms with Crippen LogP contribution in [0.2, 0.25) is 0 Å². The maximum atomic E-state index is 12.4. The highest BCUT2D eigenvalue weighted by atomic mass is 32.1. The second-order valence-corrected chi connectivity index (χ2v) is 7.50. The number of rotatable bonds is 4. The molecule has 0 bridgehead atoms. The molecule has 1 amide bonds. The minimum Gasteiger partial charge on any atom is -0.497 e. The molecule has 1 saturated heterocycles. The van der Waals surface area contributed by atoms with Gasteiger partial charge in [0.1, 0.15) is 5.75 Å².